The lowest BCUT2D eigenvalue weighted by atomic mass is 9.90. The van der Waals surface area contributed by atoms with Crippen LogP contribution in [0.5, 0.6) is 0 Å². The fourth-order valence-electron chi connectivity index (χ4n) is 4.06. The zero-order chi connectivity index (χ0) is 19.1. The van der Waals surface area contributed by atoms with Crippen LogP contribution in [0.2, 0.25) is 0 Å². The largest absolute Gasteiger partial charge is 0.376 e. The molecule has 3 aromatic carbocycles. The van der Waals surface area contributed by atoms with Gasteiger partial charge in [-0.05, 0) is 17.7 Å². The van der Waals surface area contributed by atoms with Crippen molar-refractivity contribution in [1.82, 2.24) is 0 Å². The van der Waals surface area contributed by atoms with Crippen LogP contribution in [0.1, 0.15) is 38.7 Å². The van der Waals surface area contributed by atoms with E-state index in [9.17, 15) is 9.59 Å². The highest BCUT2D eigenvalue weighted by Gasteiger charge is 2.42. The van der Waals surface area contributed by atoms with E-state index in [0.717, 1.165) is 16.9 Å². The average molecular weight is 366 g/mol. The zero-order valence-electron chi connectivity index (χ0n) is 15.1. The van der Waals surface area contributed by atoms with E-state index >= 15 is 0 Å². The Hall–Kier alpha value is -3.53. The first kappa shape index (κ1) is 16.6. The van der Waals surface area contributed by atoms with Crippen molar-refractivity contribution in [2.75, 3.05) is 5.32 Å². The maximum absolute atomic E-state index is 13.1. The van der Waals surface area contributed by atoms with Crippen LogP contribution >= 0.6 is 0 Å². The molecule has 0 saturated heterocycles. The van der Waals surface area contributed by atoms with Crippen molar-refractivity contribution in [2.45, 2.75) is 12.5 Å². The molecule has 4 heteroatoms. The van der Waals surface area contributed by atoms with Gasteiger partial charge in [-0.25, -0.2) is 0 Å². The summed E-state index contributed by atoms with van der Waals surface area (Å²) in [7, 11) is 0. The molecule has 1 N–H and O–H groups in total. The summed E-state index contributed by atoms with van der Waals surface area (Å²) in [4.78, 5) is 30.9. The Morgan fingerprint density at radius 3 is 2.07 bits per heavy atom. The van der Waals surface area contributed by atoms with E-state index in [4.69, 9.17) is 4.99 Å². The number of carbonyl (C=O) groups is 2. The monoisotopic (exact) mass is 366 g/mol. The van der Waals surface area contributed by atoms with E-state index in [1.54, 1.807) is 24.3 Å². The van der Waals surface area contributed by atoms with Gasteiger partial charge in [0, 0.05) is 23.3 Å². The van der Waals surface area contributed by atoms with E-state index < -0.39 is 5.92 Å². The maximum Gasteiger partial charge on any atom is 0.180 e. The number of anilines is 1. The molecule has 0 spiro atoms. The summed E-state index contributed by atoms with van der Waals surface area (Å²) in [6, 6.07) is 24.8. The van der Waals surface area contributed by atoms with E-state index in [1.807, 2.05) is 42.5 Å². The molecule has 1 aliphatic carbocycles. The molecule has 1 aliphatic heterocycles. The van der Waals surface area contributed by atoms with Crippen molar-refractivity contribution < 1.29 is 9.59 Å². The van der Waals surface area contributed by atoms with E-state index in [0.29, 0.717) is 23.3 Å². The highest BCUT2D eigenvalue weighted by Crippen LogP contribution is 2.38. The lowest BCUT2D eigenvalue weighted by Crippen LogP contribution is -2.28. The van der Waals surface area contributed by atoms with Gasteiger partial charge in [-0.2, -0.15) is 0 Å². The minimum absolute atomic E-state index is 0.0621. The van der Waals surface area contributed by atoms with Gasteiger partial charge in [0.15, 0.2) is 11.6 Å². The molecule has 0 aromatic heterocycles. The van der Waals surface area contributed by atoms with Crippen molar-refractivity contribution in [3.05, 3.63) is 95.6 Å². The van der Waals surface area contributed by atoms with Crippen molar-refractivity contribution in [3.63, 3.8) is 0 Å². The molecule has 1 atom stereocenters. The normalized spacial score (nSPS) is 18.7. The average Bonchev–Trinajstić information content (AvgIpc) is 2.89. The number of aliphatic imine (C=N–C) groups is 1. The minimum Gasteiger partial charge on any atom is -0.376 e. The molecule has 0 radical (unpaired) electrons. The van der Waals surface area contributed by atoms with Crippen molar-refractivity contribution in [2.24, 2.45) is 10.9 Å². The van der Waals surface area contributed by atoms with Gasteiger partial charge in [-0.1, -0.05) is 66.7 Å². The lowest BCUT2D eigenvalue weighted by Gasteiger charge is -2.20. The van der Waals surface area contributed by atoms with Gasteiger partial charge >= 0.3 is 0 Å². The molecule has 0 bridgehead atoms. The Labute approximate surface area is 162 Å². The lowest BCUT2D eigenvalue weighted by molar-refractivity contribution is 0.0882. The first-order chi connectivity index (χ1) is 13.7. The standard InChI is InChI=1S/C24H18N2O2/c27-23-16-10-4-5-11-17(16)24(28)22(23)21-14-20(15-8-2-1-3-9-15)25-18-12-6-7-13-19(18)26-21/h1-13,20,22,25H,14H2/t20-/m0/s1. The highest BCUT2D eigenvalue weighted by molar-refractivity contribution is 6.36. The highest BCUT2D eigenvalue weighted by atomic mass is 16.2. The molecule has 4 nitrogen and oxygen atoms in total. The number of carbonyl (C=O) groups excluding carboxylic acids is 2. The topological polar surface area (TPSA) is 58.5 Å². The quantitative estimate of drug-likeness (QED) is 0.649. The van der Waals surface area contributed by atoms with Crippen molar-refractivity contribution in [1.29, 1.82) is 0 Å². The third-order valence-electron chi connectivity index (χ3n) is 5.43. The second kappa shape index (κ2) is 6.57. The van der Waals surface area contributed by atoms with Crippen LogP contribution in [-0.4, -0.2) is 17.3 Å². The van der Waals surface area contributed by atoms with Gasteiger partial charge in [-0.3, -0.25) is 14.6 Å². The van der Waals surface area contributed by atoms with Gasteiger partial charge in [0.1, 0.15) is 5.92 Å². The summed E-state index contributed by atoms with van der Waals surface area (Å²) < 4.78 is 0. The summed E-state index contributed by atoms with van der Waals surface area (Å²) in [5.74, 6) is -1.13. The van der Waals surface area contributed by atoms with Crippen molar-refractivity contribution >= 4 is 28.7 Å². The molecule has 5 rings (SSSR count). The Kier molecular flexibility index (Phi) is 3.90. The second-order valence-corrected chi connectivity index (χ2v) is 7.14. The number of rotatable bonds is 2. The fourth-order valence-corrected chi connectivity index (χ4v) is 4.06. The molecule has 28 heavy (non-hydrogen) atoms. The number of hydrogen-bond donors (Lipinski definition) is 1. The van der Waals surface area contributed by atoms with Gasteiger partial charge in [0.05, 0.1) is 17.4 Å². The third-order valence-corrected chi connectivity index (χ3v) is 5.43. The Bertz CT molecular complexity index is 1080. The fraction of sp³-hybridized carbons (Fsp3) is 0.125. The molecular weight excluding hydrogens is 348 g/mol. The molecule has 0 saturated carbocycles. The Morgan fingerprint density at radius 1 is 0.750 bits per heavy atom. The second-order valence-electron chi connectivity index (χ2n) is 7.14. The van der Waals surface area contributed by atoms with Crippen LogP contribution in [-0.2, 0) is 0 Å². The first-order valence-electron chi connectivity index (χ1n) is 9.38. The van der Waals surface area contributed by atoms with Crippen LogP contribution in [0, 0.1) is 5.92 Å². The molecule has 3 aromatic rings. The summed E-state index contributed by atoms with van der Waals surface area (Å²) in [6.45, 7) is 0. The van der Waals surface area contributed by atoms with Crippen LogP contribution in [0.3, 0.4) is 0 Å². The van der Waals surface area contributed by atoms with Gasteiger partial charge in [-0.15, -0.1) is 0 Å². The van der Waals surface area contributed by atoms with E-state index in [2.05, 4.69) is 17.4 Å². The van der Waals surface area contributed by atoms with E-state index in [-0.39, 0.29) is 17.6 Å². The molecule has 1 heterocycles. The van der Waals surface area contributed by atoms with Crippen LogP contribution in [0.25, 0.3) is 0 Å². The SMILES string of the molecule is O=C1c2ccccc2C(=O)C1C1=Nc2ccccc2N[C@H](c2ccccc2)C1. The summed E-state index contributed by atoms with van der Waals surface area (Å²) >= 11 is 0. The van der Waals surface area contributed by atoms with Crippen LogP contribution in [0.4, 0.5) is 11.4 Å². The number of nitrogens with one attached hydrogen (secondary N) is 1. The summed E-state index contributed by atoms with van der Waals surface area (Å²) in [6.07, 6.45) is 0.495. The summed E-state index contributed by atoms with van der Waals surface area (Å²) in [5, 5.41) is 3.54. The zero-order valence-corrected chi connectivity index (χ0v) is 15.1. The molecule has 2 aliphatic rings. The number of fused-ring (bicyclic) bond motifs is 2. The maximum atomic E-state index is 13.1. The first-order valence-corrected chi connectivity index (χ1v) is 9.38. The van der Waals surface area contributed by atoms with Gasteiger partial charge in [0.25, 0.3) is 0 Å². The number of Topliss-reactive ketones (excluding diaryl/α,β-unsaturated/α-hetero) is 2. The minimum atomic E-state index is -0.837. The molecular formula is C24H18N2O2. The molecule has 0 fully saturated rings. The van der Waals surface area contributed by atoms with Gasteiger partial charge < -0.3 is 5.32 Å². The summed E-state index contributed by atoms with van der Waals surface area (Å²) in [5.41, 5.74) is 4.39. The molecule has 0 amide bonds. The number of para-hydroxylation sites is 2. The third kappa shape index (κ3) is 2.65. The number of benzene rings is 3. The Morgan fingerprint density at radius 2 is 1.36 bits per heavy atom. The predicted octanol–water partition coefficient (Wildman–Crippen LogP) is 5.01. The smallest absolute Gasteiger partial charge is 0.180 e. The van der Waals surface area contributed by atoms with Gasteiger partial charge in [0.2, 0.25) is 0 Å². The van der Waals surface area contributed by atoms with Crippen molar-refractivity contribution in [3.8, 4) is 0 Å². The van der Waals surface area contributed by atoms with E-state index in [1.165, 1.54) is 0 Å². The molecule has 136 valence electrons. The van der Waals surface area contributed by atoms with Crippen LogP contribution in [0.15, 0.2) is 83.9 Å². The number of nitrogens with zero attached hydrogens (tertiary/aromatic N) is 1. The predicted molar refractivity (Wildman–Crippen MR) is 110 cm³/mol. The Balaban J connectivity index is 1.61. The number of ketones is 2. The van der Waals surface area contributed by atoms with Crippen LogP contribution < -0.4 is 5.32 Å². The molecule has 0 unspecified atom stereocenters. The number of hydrogen-bond acceptors (Lipinski definition) is 4.